The van der Waals surface area contributed by atoms with Gasteiger partial charge in [0.2, 0.25) is 0 Å². The first kappa shape index (κ1) is 12.4. The van der Waals surface area contributed by atoms with Crippen LogP contribution in [-0.2, 0) is 0 Å². The Labute approximate surface area is 113 Å². The Morgan fingerprint density at radius 3 is 2.24 bits per heavy atom. The lowest BCUT2D eigenvalue weighted by molar-refractivity contribution is 0.411. The van der Waals surface area contributed by atoms with Crippen molar-refractivity contribution in [3.8, 4) is 17.2 Å². The van der Waals surface area contributed by atoms with Gasteiger partial charge in [0.15, 0.2) is 11.5 Å². The van der Waals surface area contributed by atoms with Gasteiger partial charge in [0.25, 0.3) is 0 Å². The highest BCUT2D eigenvalue weighted by molar-refractivity contribution is 6.48. The number of halogens is 3. The fourth-order valence-corrected chi connectivity index (χ4v) is 1.81. The van der Waals surface area contributed by atoms with Crippen LogP contribution >= 0.6 is 34.8 Å². The number of para-hydroxylation sites is 2. The number of rotatable bonds is 2. The van der Waals surface area contributed by atoms with Crippen LogP contribution in [0.4, 0.5) is 0 Å². The lowest BCUT2D eigenvalue weighted by atomic mass is 10.3. The molecule has 2 rings (SSSR count). The third kappa shape index (κ3) is 2.60. The normalized spacial score (nSPS) is 10.3. The zero-order chi connectivity index (χ0) is 12.4. The number of hydrogen-bond donors (Lipinski definition) is 1. The summed E-state index contributed by atoms with van der Waals surface area (Å²) >= 11 is 17.7. The largest absolute Gasteiger partial charge is 0.504 e. The van der Waals surface area contributed by atoms with Crippen molar-refractivity contribution in [1.82, 2.24) is 0 Å². The second kappa shape index (κ2) is 5.05. The number of benzene rings is 2. The van der Waals surface area contributed by atoms with Crippen LogP contribution < -0.4 is 4.74 Å². The Balaban J connectivity index is 2.38. The standard InChI is InChI=1S/C12H7Cl3O2/c13-7-5-6-10(12(15)11(7)14)17-9-4-2-1-3-8(9)16/h1-6,16H. The van der Waals surface area contributed by atoms with E-state index in [4.69, 9.17) is 39.5 Å². The lowest BCUT2D eigenvalue weighted by Gasteiger charge is -2.10. The van der Waals surface area contributed by atoms with Gasteiger partial charge in [-0.1, -0.05) is 46.9 Å². The Kier molecular flexibility index (Phi) is 3.67. The molecule has 2 nitrogen and oxygen atoms in total. The molecular weight excluding hydrogens is 282 g/mol. The van der Waals surface area contributed by atoms with Gasteiger partial charge in [-0.15, -0.1) is 0 Å². The molecule has 0 amide bonds. The maximum Gasteiger partial charge on any atom is 0.169 e. The Hall–Kier alpha value is -1.09. The Morgan fingerprint density at radius 2 is 1.53 bits per heavy atom. The van der Waals surface area contributed by atoms with E-state index in [2.05, 4.69) is 0 Å². The third-order valence-corrected chi connectivity index (χ3v) is 3.36. The Morgan fingerprint density at radius 1 is 0.824 bits per heavy atom. The summed E-state index contributed by atoms with van der Waals surface area (Å²) < 4.78 is 5.45. The van der Waals surface area contributed by atoms with E-state index in [0.29, 0.717) is 16.5 Å². The summed E-state index contributed by atoms with van der Waals surface area (Å²) in [7, 11) is 0. The molecule has 0 spiro atoms. The van der Waals surface area contributed by atoms with Gasteiger partial charge in [0, 0.05) is 0 Å². The molecule has 0 saturated carbocycles. The first-order valence-electron chi connectivity index (χ1n) is 4.69. The van der Waals surface area contributed by atoms with Crippen molar-refractivity contribution in [3.63, 3.8) is 0 Å². The fourth-order valence-electron chi connectivity index (χ4n) is 1.25. The quantitative estimate of drug-likeness (QED) is 0.775. The molecule has 0 fully saturated rings. The number of phenolic OH excluding ortho intramolecular Hbond substituents is 1. The minimum absolute atomic E-state index is 0.0228. The summed E-state index contributed by atoms with van der Waals surface area (Å²) in [4.78, 5) is 0. The molecule has 0 atom stereocenters. The molecule has 5 heteroatoms. The number of ether oxygens (including phenoxy) is 1. The summed E-state index contributed by atoms with van der Waals surface area (Å²) in [5, 5.41) is 10.3. The monoisotopic (exact) mass is 288 g/mol. The first-order chi connectivity index (χ1) is 8.09. The van der Waals surface area contributed by atoms with Gasteiger partial charge >= 0.3 is 0 Å². The van der Waals surface area contributed by atoms with Crippen molar-refractivity contribution < 1.29 is 9.84 Å². The van der Waals surface area contributed by atoms with E-state index < -0.39 is 0 Å². The van der Waals surface area contributed by atoms with E-state index in [9.17, 15) is 5.11 Å². The molecule has 0 saturated heterocycles. The number of aromatic hydroxyl groups is 1. The predicted octanol–water partition coefficient (Wildman–Crippen LogP) is 5.14. The summed E-state index contributed by atoms with van der Waals surface area (Å²) in [6, 6.07) is 9.72. The molecule has 0 bridgehead atoms. The van der Waals surface area contributed by atoms with Crippen LogP contribution in [0.15, 0.2) is 36.4 Å². The van der Waals surface area contributed by atoms with Crippen LogP contribution in [0.1, 0.15) is 0 Å². The van der Waals surface area contributed by atoms with Gasteiger partial charge in [-0.3, -0.25) is 0 Å². The maximum absolute atomic E-state index is 9.56. The second-order valence-corrected chi connectivity index (χ2v) is 4.41. The van der Waals surface area contributed by atoms with E-state index in [1.54, 1.807) is 30.3 Å². The summed E-state index contributed by atoms with van der Waals surface area (Å²) in [5.41, 5.74) is 0. The van der Waals surface area contributed by atoms with Gasteiger partial charge < -0.3 is 9.84 Å². The highest BCUT2D eigenvalue weighted by Crippen LogP contribution is 2.40. The van der Waals surface area contributed by atoms with E-state index in [-0.39, 0.29) is 15.8 Å². The van der Waals surface area contributed by atoms with Crippen molar-refractivity contribution in [3.05, 3.63) is 51.5 Å². The molecule has 2 aromatic rings. The van der Waals surface area contributed by atoms with Crippen molar-refractivity contribution in [2.75, 3.05) is 0 Å². The maximum atomic E-state index is 9.56. The summed E-state index contributed by atoms with van der Waals surface area (Å²) in [5.74, 6) is 0.657. The van der Waals surface area contributed by atoms with Crippen molar-refractivity contribution in [1.29, 1.82) is 0 Å². The van der Waals surface area contributed by atoms with Crippen LogP contribution in [0.3, 0.4) is 0 Å². The highest BCUT2D eigenvalue weighted by Gasteiger charge is 2.11. The van der Waals surface area contributed by atoms with Crippen LogP contribution in [0.2, 0.25) is 15.1 Å². The van der Waals surface area contributed by atoms with Gasteiger partial charge in [0.05, 0.1) is 10.0 Å². The van der Waals surface area contributed by atoms with Crippen molar-refractivity contribution >= 4 is 34.8 Å². The molecule has 0 unspecified atom stereocenters. The van der Waals surface area contributed by atoms with Gasteiger partial charge in [-0.25, -0.2) is 0 Å². The van der Waals surface area contributed by atoms with E-state index in [1.165, 1.54) is 6.07 Å². The zero-order valence-corrected chi connectivity index (χ0v) is 10.7. The van der Waals surface area contributed by atoms with Crippen LogP contribution in [-0.4, -0.2) is 5.11 Å². The van der Waals surface area contributed by atoms with E-state index in [1.807, 2.05) is 0 Å². The highest BCUT2D eigenvalue weighted by atomic mass is 35.5. The number of hydrogen-bond acceptors (Lipinski definition) is 2. The smallest absolute Gasteiger partial charge is 0.169 e. The van der Waals surface area contributed by atoms with Gasteiger partial charge in [-0.2, -0.15) is 0 Å². The zero-order valence-electron chi connectivity index (χ0n) is 8.45. The average molecular weight is 290 g/mol. The first-order valence-corrected chi connectivity index (χ1v) is 5.82. The van der Waals surface area contributed by atoms with E-state index in [0.717, 1.165) is 0 Å². The average Bonchev–Trinajstić information content (AvgIpc) is 2.32. The Bertz CT molecular complexity index is 555. The molecule has 88 valence electrons. The molecule has 0 aliphatic rings. The predicted molar refractivity (Wildman–Crippen MR) is 69.7 cm³/mol. The van der Waals surface area contributed by atoms with Crippen molar-refractivity contribution in [2.45, 2.75) is 0 Å². The van der Waals surface area contributed by atoms with Crippen LogP contribution in [0.5, 0.6) is 17.2 Å². The minimum Gasteiger partial charge on any atom is -0.504 e. The molecule has 0 aliphatic heterocycles. The minimum atomic E-state index is 0.0228. The molecule has 0 aliphatic carbocycles. The van der Waals surface area contributed by atoms with E-state index >= 15 is 0 Å². The molecule has 1 N–H and O–H groups in total. The summed E-state index contributed by atoms with van der Waals surface area (Å²) in [6.45, 7) is 0. The molecule has 2 aromatic carbocycles. The van der Waals surface area contributed by atoms with Crippen LogP contribution in [0.25, 0.3) is 0 Å². The molecule has 0 aromatic heterocycles. The topological polar surface area (TPSA) is 29.5 Å². The molecular formula is C12H7Cl3O2. The number of phenols is 1. The molecule has 17 heavy (non-hydrogen) atoms. The fraction of sp³-hybridized carbons (Fsp3) is 0. The van der Waals surface area contributed by atoms with Crippen molar-refractivity contribution in [2.24, 2.45) is 0 Å². The van der Waals surface area contributed by atoms with Gasteiger partial charge in [0.1, 0.15) is 10.8 Å². The second-order valence-electron chi connectivity index (χ2n) is 3.24. The van der Waals surface area contributed by atoms with Gasteiger partial charge in [-0.05, 0) is 24.3 Å². The SMILES string of the molecule is Oc1ccccc1Oc1ccc(Cl)c(Cl)c1Cl. The lowest BCUT2D eigenvalue weighted by Crippen LogP contribution is -1.86. The summed E-state index contributed by atoms with van der Waals surface area (Å²) in [6.07, 6.45) is 0. The third-order valence-electron chi connectivity index (χ3n) is 2.08. The van der Waals surface area contributed by atoms with Crippen LogP contribution in [0, 0.1) is 0 Å². The molecule has 0 radical (unpaired) electrons. The molecule has 0 heterocycles.